The normalized spacial score (nSPS) is 10.2. The SMILES string of the molecule is Cc1ccc(Cl)cc1NCC(=O)Nc1ccccc1C. The van der Waals surface area contributed by atoms with Crippen molar-refractivity contribution >= 4 is 28.9 Å². The monoisotopic (exact) mass is 288 g/mol. The van der Waals surface area contributed by atoms with Crippen LogP contribution in [0.15, 0.2) is 42.5 Å². The Labute approximate surface area is 124 Å². The summed E-state index contributed by atoms with van der Waals surface area (Å²) in [6.07, 6.45) is 0. The molecule has 0 aromatic heterocycles. The van der Waals surface area contributed by atoms with Gasteiger partial charge in [0.2, 0.25) is 5.91 Å². The molecule has 0 aliphatic heterocycles. The summed E-state index contributed by atoms with van der Waals surface area (Å²) in [5, 5.41) is 6.63. The second-order valence-corrected chi connectivity index (χ2v) is 5.11. The van der Waals surface area contributed by atoms with Gasteiger partial charge in [0.05, 0.1) is 6.54 Å². The average molecular weight is 289 g/mol. The third-order valence-corrected chi connectivity index (χ3v) is 3.29. The van der Waals surface area contributed by atoms with E-state index < -0.39 is 0 Å². The van der Waals surface area contributed by atoms with Gasteiger partial charge < -0.3 is 10.6 Å². The summed E-state index contributed by atoms with van der Waals surface area (Å²) in [6.45, 7) is 4.14. The number of nitrogens with one attached hydrogen (secondary N) is 2. The first-order valence-corrected chi connectivity index (χ1v) is 6.79. The molecule has 104 valence electrons. The van der Waals surface area contributed by atoms with Crippen molar-refractivity contribution < 1.29 is 4.79 Å². The zero-order valence-electron chi connectivity index (χ0n) is 11.5. The Morgan fingerprint density at radius 3 is 2.50 bits per heavy atom. The van der Waals surface area contributed by atoms with Gasteiger partial charge in [0, 0.05) is 16.4 Å². The number of anilines is 2. The molecule has 0 aliphatic rings. The summed E-state index contributed by atoms with van der Waals surface area (Å²) >= 11 is 5.94. The maximum absolute atomic E-state index is 11.9. The molecular formula is C16H17ClN2O. The Morgan fingerprint density at radius 2 is 1.75 bits per heavy atom. The van der Waals surface area contributed by atoms with Crippen LogP contribution < -0.4 is 10.6 Å². The molecule has 1 amide bonds. The van der Waals surface area contributed by atoms with Crippen LogP contribution in [0.2, 0.25) is 5.02 Å². The lowest BCUT2D eigenvalue weighted by atomic mass is 10.2. The maximum Gasteiger partial charge on any atom is 0.243 e. The van der Waals surface area contributed by atoms with Gasteiger partial charge in [0.25, 0.3) is 0 Å². The molecule has 0 spiro atoms. The molecule has 2 N–H and O–H groups in total. The minimum Gasteiger partial charge on any atom is -0.376 e. The van der Waals surface area contributed by atoms with E-state index in [1.54, 1.807) is 0 Å². The molecule has 4 heteroatoms. The van der Waals surface area contributed by atoms with E-state index in [0.717, 1.165) is 22.5 Å². The van der Waals surface area contributed by atoms with Crippen molar-refractivity contribution in [2.45, 2.75) is 13.8 Å². The Bertz CT molecular complexity index is 626. The van der Waals surface area contributed by atoms with E-state index >= 15 is 0 Å². The van der Waals surface area contributed by atoms with Crippen LogP contribution in [0.4, 0.5) is 11.4 Å². The van der Waals surface area contributed by atoms with Gasteiger partial charge in [-0.25, -0.2) is 0 Å². The molecule has 0 unspecified atom stereocenters. The van der Waals surface area contributed by atoms with Gasteiger partial charge in [-0.05, 0) is 43.2 Å². The third kappa shape index (κ3) is 3.75. The predicted octanol–water partition coefficient (Wildman–Crippen LogP) is 4.01. The number of aryl methyl sites for hydroxylation is 2. The molecule has 2 aromatic rings. The van der Waals surface area contributed by atoms with Crippen LogP contribution in [-0.4, -0.2) is 12.5 Å². The van der Waals surface area contributed by atoms with E-state index in [1.807, 2.05) is 56.3 Å². The molecule has 0 fully saturated rings. The van der Waals surface area contributed by atoms with Crippen molar-refractivity contribution in [3.05, 3.63) is 58.6 Å². The lowest BCUT2D eigenvalue weighted by molar-refractivity contribution is -0.114. The van der Waals surface area contributed by atoms with E-state index in [-0.39, 0.29) is 12.5 Å². The van der Waals surface area contributed by atoms with Gasteiger partial charge in [-0.2, -0.15) is 0 Å². The Morgan fingerprint density at radius 1 is 1.05 bits per heavy atom. The predicted molar refractivity (Wildman–Crippen MR) is 84.5 cm³/mol. The zero-order chi connectivity index (χ0) is 14.5. The number of amides is 1. The summed E-state index contributed by atoms with van der Waals surface area (Å²) < 4.78 is 0. The van der Waals surface area contributed by atoms with Crippen LogP contribution in [0.25, 0.3) is 0 Å². The first-order valence-electron chi connectivity index (χ1n) is 6.42. The number of carbonyl (C=O) groups excluding carboxylic acids is 1. The summed E-state index contributed by atoms with van der Waals surface area (Å²) in [6, 6.07) is 13.3. The molecule has 0 bridgehead atoms. The van der Waals surface area contributed by atoms with Crippen molar-refractivity contribution in [1.29, 1.82) is 0 Å². The van der Waals surface area contributed by atoms with Crippen LogP contribution >= 0.6 is 11.6 Å². The van der Waals surface area contributed by atoms with Gasteiger partial charge in [0.1, 0.15) is 0 Å². The van der Waals surface area contributed by atoms with Crippen molar-refractivity contribution in [2.24, 2.45) is 0 Å². The number of para-hydroxylation sites is 1. The second kappa shape index (κ2) is 6.44. The highest BCUT2D eigenvalue weighted by atomic mass is 35.5. The molecule has 0 radical (unpaired) electrons. The van der Waals surface area contributed by atoms with Crippen molar-refractivity contribution in [3.63, 3.8) is 0 Å². The van der Waals surface area contributed by atoms with Crippen LogP contribution in [0.1, 0.15) is 11.1 Å². The van der Waals surface area contributed by atoms with Gasteiger partial charge in [-0.3, -0.25) is 4.79 Å². The number of rotatable bonds is 4. The van der Waals surface area contributed by atoms with Crippen LogP contribution in [0, 0.1) is 13.8 Å². The van der Waals surface area contributed by atoms with Crippen LogP contribution in [-0.2, 0) is 4.79 Å². The minimum absolute atomic E-state index is 0.0846. The Hall–Kier alpha value is -2.00. The third-order valence-electron chi connectivity index (χ3n) is 3.06. The maximum atomic E-state index is 11.9. The number of hydrogen-bond donors (Lipinski definition) is 2. The van der Waals surface area contributed by atoms with Crippen molar-refractivity contribution in [1.82, 2.24) is 0 Å². The van der Waals surface area contributed by atoms with E-state index in [4.69, 9.17) is 11.6 Å². The molecule has 20 heavy (non-hydrogen) atoms. The molecule has 0 aliphatic carbocycles. The fraction of sp³-hybridized carbons (Fsp3) is 0.188. The van der Waals surface area contributed by atoms with Crippen LogP contribution in [0.5, 0.6) is 0 Å². The molecule has 2 rings (SSSR count). The lowest BCUT2D eigenvalue weighted by Gasteiger charge is -2.11. The Balaban J connectivity index is 1.96. The molecule has 0 saturated heterocycles. The number of hydrogen-bond acceptors (Lipinski definition) is 2. The smallest absolute Gasteiger partial charge is 0.243 e. The summed E-state index contributed by atoms with van der Waals surface area (Å²) in [5.41, 5.74) is 3.80. The van der Waals surface area contributed by atoms with Crippen molar-refractivity contribution in [2.75, 3.05) is 17.2 Å². The number of benzene rings is 2. The topological polar surface area (TPSA) is 41.1 Å². The van der Waals surface area contributed by atoms with Crippen molar-refractivity contribution in [3.8, 4) is 0 Å². The van der Waals surface area contributed by atoms with Crippen LogP contribution in [0.3, 0.4) is 0 Å². The van der Waals surface area contributed by atoms with Gasteiger partial charge in [-0.1, -0.05) is 35.9 Å². The van der Waals surface area contributed by atoms with E-state index in [1.165, 1.54) is 0 Å². The second-order valence-electron chi connectivity index (χ2n) is 4.68. The average Bonchev–Trinajstić information content (AvgIpc) is 2.42. The van der Waals surface area contributed by atoms with E-state index in [2.05, 4.69) is 10.6 Å². The molecular weight excluding hydrogens is 272 g/mol. The minimum atomic E-state index is -0.0846. The molecule has 3 nitrogen and oxygen atoms in total. The number of halogens is 1. The summed E-state index contributed by atoms with van der Waals surface area (Å²) in [4.78, 5) is 11.9. The fourth-order valence-electron chi connectivity index (χ4n) is 1.87. The molecule has 2 aromatic carbocycles. The highest BCUT2D eigenvalue weighted by Crippen LogP contribution is 2.20. The highest BCUT2D eigenvalue weighted by Gasteiger charge is 2.05. The Kier molecular flexibility index (Phi) is 4.64. The summed E-state index contributed by atoms with van der Waals surface area (Å²) in [7, 11) is 0. The lowest BCUT2D eigenvalue weighted by Crippen LogP contribution is -2.22. The van der Waals surface area contributed by atoms with Gasteiger partial charge >= 0.3 is 0 Å². The largest absolute Gasteiger partial charge is 0.376 e. The first-order chi connectivity index (χ1) is 9.56. The summed E-state index contributed by atoms with van der Waals surface area (Å²) in [5.74, 6) is -0.0846. The van der Waals surface area contributed by atoms with Gasteiger partial charge in [0.15, 0.2) is 0 Å². The van der Waals surface area contributed by atoms with E-state index in [9.17, 15) is 4.79 Å². The zero-order valence-corrected chi connectivity index (χ0v) is 12.3. The first kappa shape index (κ1) is 14.4. The fourth-order valence-corrected chi connectivity index (χ4v) is 2.04. The molecule has 0 heterocycles. The standard InChI is InChI=1S/C16H17ClN2O/c1-11-5-3-4-6-14(11)19-16(20)10-18-15-9-13(17)8-7-12(15)2/h3-9,18H,10H2,1-2H3,(H,19,20). The molecule has 0 saturated carbocycles. The van der Waals surface area contributed by atoms with Gasteiger partial charge in [-0.15, -0.1) is 0 Å². The molecule has 0 atom stereocenters. The number of carbonyl (C=O) groups is 1. The quantitative estimate of drug-likeness (QED) is 0.892. The van der Waals surface area contributed by atoms with E-state index in [0.29, 0.717) is 5.02 Å². The highest BCUT2D eigenvalue weighted by molar-refractivity contribution is 6.30.